The predicted octanol–water partition coefficient (Wildman–Crippen LogP) is 0.920. The quantitative estimate of drug-likeness (QED) is 0.680. The summed E-state index contributed by atoms with van der Waals surface area (Å²) in [5.74, 6) is -2.62. The lowest BCUT2D eigenvalue weighted by molar-refractivity contribution is -0.147. The second-order valence-corrected chi connectivity index (χ2v) is 3.98. The van der Waals surface area contributed by atoms with E-state index in [4.69, 9.17) is 10.2 Å². The Bertz CT molecular complexity index is 380. The zero-order chi connectivity index (χ0) is 13.4. The van der Waals surface area contributed by atoms with E-state index in [1.165, 1.54) is 24.0 Å². The zero-order valence-corrected chi connectivity index (χ0v) is 10.1. The number of carbonyl (C=O) groups is 2. The number of carboxylic acids is 2. The number of fused-ring (bicyclic) bond motifs is 1. The van der Waals surface area contributed by atoms with Crippen LogP contribution in [0, 0.1) is 0 Å². The van der Waals surface area contributed by atoms with Crippen LogP contribution >= 0.6 is 0 Å². The maximum absolute atomic E-state index is 9.43. The van der Waals surface area contributed by atoms with Crippen molar-refractivity contribution in [3.63, 3.8) is 0 Å². The van der Waals surface area contributed by atoms with E-state index in [1.807, 2.05) is 0 Å². The van der Waals surface area contributed by atoms with Crippen LogP contribution in [0.2, 0.25) is 0 Å². The highest BCUT2D eigenvalue weighted by molar-refractivity contribution is 5.88. The summed E-state index contributed by atoms with van der Waals surface area (Å²) in [5.41, 5.74) is 3.05. The second kappa shape index (κ2) is 7.45. The van der Waals surface area contributed by atoms with Crippen molar-refractivity contribution in [3.05, 3.63) is 35.4 Å². The highest BCUT2D eigenvalue weighted by atomic mass is 16.4. The fraction of sp³-hybridized carbons (Fsp3) is 0.385. The molecule has 1 aliphatic heterocycles. The molecule has 0 bridgehead atoms. The van der Waals surface area contributed by atoms with Crippen molar-refractivity contribution in [2.75, 3.05) is 13.1 Å². The van der Waals surface area contributed by atoms with E-state index in [-0.39, 0.29) is 0 Å². The predicted molar refractivity (Wildman–Crippen MR) is 66.6 cm³/mol. The van der Waals surface area contributed by atoms with Gasteiger partial charge in [-0.3, -0.25) is 9.59 Å². The van der Waals surface area contributed by atoms with Crippen molar-refractivity contribution in [1.82, 2.24) is 5.32 Å². The molecule has 1 aromatic rings. The Kier molecular flexibility index (Phi) is 5.87. The molecular formula is C13H17NO4. The average molecular weight is 251 g/mol. The number of carboxylic acid groups (broad SMARTS) is 2. The van der Waals surface area contributed by atoms with Crippen LogP contribution in [0.1, 0.15) is 17.5 Å². The van der Waals surface area contributed by atoms with Gasteiger partial charge in [0.1, 0.15) is 6.42 Å². The van der Waals surface area contributed by atoms with E-state index in [9.17, 15) is 9.59 Å². The molecule has 0 spiro atoms. The van der Waals surface area contributed by atoms with E-state index in [1.54, 1.807) is 0 Å². The van der Waals surface area contributed by atoms with Gasteiger partial charge in [-0.2, -0.15) is 0 Å². The van der Waals surface area contributed by atoms with E-state index < -0.39 is 18.4 Å². The minimum absolute atomic E-state index is 0.806. The fourth-order valence-corrected chi connectivity index (χ4v) is 1.75. The molecule has 0 atom stereocenters. The first-order chi connectivity index (χ1) is 8.59. The summed E-state index contributed by atoms with van der Waals surface area (Å²) in [6.07, 6.45) is 1.58. The molecule has 0 saturated carbocycles. The van der Waals surface area contributed by atoms with E-state index in [2.05, 4.69) is 29.6 Å². The Morgan fingerprint density at radius 3 is 1.78 bits per heavy atom. The minimum atomic E-state index is -1.31. The van der Waals surface area contributed by atoms with Crippen LogP contribution < -0.4 is 5.32 Å². The topological polar surface area (TPSA) is 86.6 Å². The van der Waals surface area contributed by atoms with Crippen LogP contribution in [0.15, 0.2) is 24.3 Å². The molecule has 5 heteroatoms. The Hall–Kier alpha value is -1.88. The first kappa shape index (κ1) is 14.2. The number of hydrogen-bond acceptors (Lipinski definition) is 3. The first-order valence-electron chi connectivity index (χ1n) is 5.80. The summed E-state index contributed by atoms with van der Waals surface area (Å²) < 4.78 is 0. The molecule has 0 amide bonds. The third-order valence-electron chi connectivity index (χ3n) is 2.56. The van der Waals surface area contributed by atoms with Gasteiger partial charge in [-0.1, -0.05) is 24.3 Å². The molecule has 1 heterocycles. The van der Waals surface area contributed by atoms with Gasteiger partial charge in [-0.25, -0.2) is 0 Å². The third kappa shape index (κ3) is 5.45. The number of aliphatic carboxylic acids is 2. The monoisotopic (exact) mass is 251 g/mol. The molecule has 0 saturated heterocycles. The van der Waals surface area contributed by atoms with Gasteiger partial charge in [0.25, 0.3) is 0 Å². The zero-order valence-electron chi connectivity index (χ0n) is 10.1. The number of nitrogens with one attached hydrogen (secondary N) is 1. The third-order valence-corrected chi connectivity index (χ3v) is 2.56. The standard InChI is InChI=1S/C10H13N.C3H4O4/c1-2-4-10-6-8-11-7-5-9(10)3-1;4-2(5)1-3(6)7/h1-4,11H,5-8H2;1H2,(H,4,5)(H,6,7). The lowest BCUT2D eigenvalue weighted by Gasteiger charge is -2.01. The average Bonchev–Trinajstić information content (AvgIpc) is 2.52. The molecule has 0 radical (unpaired) electrons. The second-order valence-electron chi connectivity index (χ2n) is 3.98. The maximum Gasteiger partial charge on any atom is 0.314 e. The van der Waals surface area contributed by atoms with E-state index in [0.29, 0.717) is 0 Å². The van der Waals surface area contributed by atoms with Crippen LogP contribution in [0.5, 0.6) is 0 Å². The Morgan fingerprint density at radius 2 is 1.44 bits per heavy atom. The molecule has 98 valence electrons. The Morgan fingerprint density at radius 1 is 1.00 bits per heavy atom. The molecule has 0 aromatic heterocycles. The highest BCUT2D eigenvalue weighted by Gasteiger charge is 2.04. The van der Waals surface area contributed by atoms with Gasteiger partial charge in [0, 0.05) is 0 Å². The van der Waals surface area contributed by atoms with Crippen molar-refractivity contribution in [1.29, 1.82) is 0 Å². The van der Waals surface area contributed by atoms with Gasteiger partial charge in [0.2, 0.25) is 0 Å². The molecule has 3 N–H and O–H groups in total. The number of rotatable bonds is 2. The summed E-state index contributed by atoms with van der Waals surface area (Å²) >= 11 is 0. The lowest BCUT2D eigenvalue weighted by Crippen LogP contribution is -2.16. The van der Waals surface area contributed by atoms with Gasteiger partial charge in [-0.15, -0.1) is 0 Å². The molecule has 0 unspecified atom stereocenters. The number of hydrogen-bond donors (Lipinski definition) is 3. The summed E-state index contributed by atoms with van der Waals surface area (Å²) in [7, 11) is 0. The van der Waals surface area contributed by atoms with Crippen LogP contribution in [0.25, 0.3) is 0 Å². The normalized spacial score (nSPS) is 13.6. The lowest BCUT2D eigenvalue weighted by atomic mass is 10.0. The van der Waals surface area contributed by atoms with Crippen molar-refractivity contribution in [3.8, 4) is 0 Å². The largest absolute Gasteiger partial charge is 0.481 e. The van der Waals surface area contributed by atoms with Crippen LogP contribution in [-0.2, 0) is 22.4 Å². The minimum Gasteiger partial charge on any atom is -0.481 e. The van der Waals surface area contributed by atoms with E-state index in [0.717, 1.165) is 13.1 Å². The molecule has 1 aromatic carbocycles. The molecule has 0 aliphatic carbocycles. The smallest absolute Gasteiger partial charge is 0.314 e. The van der Waals surface area contributed by atoms with Crippen molar-refractivity contribution in [2.45, 2.75) is 19.3 Å². The molecule has 1 aliphatic rings. The van der Waals surface area contributed by atoms with Crippen molar-refractivity contribution in [2.24, 2.45) is 0 Å². The molecule has 2 rings (SSSR count). The molecule has 18 heavy (non-hydrogen) atoms. The maximum atomic E-state index is 9.43. The molecule has 5 nitrogen and oxygen atoms in total. The van der Waals surface area contributed by atoms with Gasteiger partial charge in [-0.05, 0) is 37.1 Å². The first-order valence-corrected chi connectivity index (χ1v) is 5.80. The van der Waals surface area contributed by atoms with Gasteiger partial charge in [0.15, 0.2) is 0 Å². The summed E-state index contributed by atoms with van der Waals surface area (Å²) in [6.45, 7) is 2.27. The Labute approximate surface area is 105 Å². The van der Waals surface area contributed by atoms with Gasteiger partial charge in [0.05, 0.1) is 0 Å². The number of benzene rings is 1. The van der Waals surface area contributed by atoms with Crippen LogP contribution in [0.3, 0.4) is 0 Å². The van der Waals surface area contributed by atoms with E-state index >= 15 is 0 Å². The highest BCUT2D eigenvalue weighted by Crippen LogP contribution is 2.11. The molecule has 0 fully saturated rings. The Balaban J connectivity index is 0.000000203. The summed E-state index contributed by atoms with van der Waals surface area (Å²) in [6, 6.07) is 8.74. The fourth-order valence-electron chi connectivity index (χ4n) is 1.75. The van der Waals surface area contributed by atoms with Crippen molar-refractivity contribution >= 4 is 11.9 Å². The molecular weight excluding hydrogens is 234 g/mol. The van der Waals surface area contributed by atoms with Gasteiger partial charge >= 0.3 is 11.9 Å². The summed E-state index contributed by atoms with van der Waals surface area (Å²) in [5, 5.41) is 18.8. The SMILES string of the molecule is O=C(O)CC(=O)O.c1ccc2c(c1)CCNCC2. The van der Waals surface area contributed by atoms with Crippen LogP contribution in [0.4, 0.5) is 0 Å². The van der Waals surface area contributed by atoms with Crippen molar-refractivity contribution < 1.29 is 19.8 Å². The summed E-state index contributed by atoms with van der Waals surface area (Å²) in [4.78, 5) is 18.9. The van der Waals surface area contributed by atoms with Crippen LogP contribution in [-0.4, -0.2) is 35.2 Å². The van der Waals surface area contributed by atoms with Gasteiger partial charge < -0.3 is 15.5 Å².